The van der Waals surface area contributed by atoms with Crippen LogP contribution in [0.2, 0.25) is 0 Å². The molecular weight excluding hydrogens is 246 g/mol. The summed E-state index contributed by atoms with van der Waals surface area (Å²) >= 11 is 0. The summed E-state index contributed by atoms with van der Waals surface area (Å²) in [6, 6.07) is 4.48. The Morgan fingerprint density at radius 2 is 2.05 bits per heavy atom. The number of fused-ring (bicyclic) bond motifs is 1. The fourth-order valence-corrected chi connectivity index (χ4v) is 3.24. The van der Waals surface area contributed by atoms with Gasteiger partial charge in [-0.25, -0.2) is 0 Å². The second-order valence-corrected chi connectivity index (χ2v) is 5.54. The van der Waals surface area contributed by atoms with Crippen molar-refractivity contribution in [2.75, 3.05) is 0 Å². The zero-order valence-corrected chi connectivity index (χ0v) is 10.7. The SMILES string of the molecule is O=[N+]([O-])c1ccc2c(c1)C(O)CC1(CCCCC1)O2. The van der Waals surface area contributed by atoms with Crippen molar-refractivity contribution in [1.82, 2.24) is 0 Å². The number of aliphatic hydroxyl groups is 1. The molecule has 1 N–H and O–H groups in total. The zero-order valence-electron chi connectivity index (χ0n) is 10.7. The van der Waals surface area contributed by atoms with Crippen LogP contribution in [0.3, 0.4) is 0 Å². The lowest BCUT2D eigenvalue weighted by molar-refractivity contribution is -0.385. The molecule has 0 aromatic heterocycles. The van der Waals surface area contributed by atoms with Crippen LogP contribution in [0, 0.1) is 10.1 Å². The molecule has 5 heteroatoms. The van der Waals surface area contributed by atoms with E-state index < -0.39 is 11.0 Å². The van der Waals surface area contributed by atoms with Crippen molar-refractivity contribution in [1.29, 1.82) is 0 Å². The predicted octanol–water partition coefficient (Wildman–Crippen LogP) is 3.11. The van der Waals surface area contributed by atoms with Crippen molar-refractivity contribution in [3.8, 4) is 5.75 Å². The summed E-state index contributed by atoms with van der Waals surface area (Å²) in [5, 5.41) is 21.1. The van der Waals surface area contributed by atoms with E-state index in [-0.39, 0.29) is 11.3 Å². The molecule has 2 aliphatic rings. The predicted molar refractivity (Wildman–Crippen MR) is 69.1 cm³/mol. The van der Waals surface area contributed by atoms with Gasteiger partial charge in [0.05, 0.1) is 11.0 Å². The normalized spacial score (nSPS) is 24.6. The third kappa shape index (κ3) is 2.18. The average molecular weight is 263 g/mol. The smallest absolute Gasteiger partial charge is 0.270 e. The van der Waals surface area contributed by atoms with Crippen LogP contribution in [0.1, 0.15) is 50.2 Å². The number of nitro groups is 1. The molecule has 1 aromatic rings. The summed E-state index contributed by atoms with van der Waals surface area (Å²) in [6.45, 7) is 0. The maximum Gasteiger partial charge on any atom is 0.270 e. The van der Waals surface area contributed by atoms with Crippen molar-refractivity contribution in [3.05, 3.63) is 33.9 Å². The van der Waals surface area contributed by atoms with E-state index in [0.29, 0.717) is 17.7 Å². The maximum absolute atomic E-state index is 10.8. The van der Waals surface area contributed by atoms with Gasteiger partial charge < -0.3 is 9.84 Å². The lowest BCUT2D eigenvalue weighted by Gasteiger charge is -2.43. The van der Waals surface area contributed by atoms with E-state index in [2.05, 4.69) is 0 Å². The van der Waals surface area contributed by atoms with Gasteiger partial charge in [0.25, 0.3) is 5.69 Å². The number of ether oxygens (including phenoxy) is 1. The molecule has 1 fully saturated rings. The van der Waals surface area contributed by atoms with Crippen LogP contribution >= 0.6 is 0 Å². The number of rotatable bonds is 1. The molecule has 0 bridgehead atoms. The quantitative estimate of drug-likeness (QED) is 0.624. The van der Waals surface area contributed by atoms with Gasteiger partial charge >= 0.3 is 0 Å². The van der Waals surface area contributed by atoms with Crippen LogP contribution in [0.5, 0.6) is 5.75 Å². The Hall–Kier alpha value is -1.62. The summed E-state index contributed by atoms with van der Waals surface area (Å²) in [5.74, 6) is 0.603. The highest BCUT2D eigenvalue weighted by Gasteiger charge is 2.41. The van der Waals surface area contributed by atoms with E-state index in [1.165, 1.54) is 18.6 Å². The molecule has 0 saturated heterocycles. The van der Waals surface area contributed by atoms with E-state index in [9.17, 15) is 15.2 Å². The van der Waals surface area contributed by atoms with E-state index in [1.54, 1.807) is 6.07 Å². The van der Waals surface area contributed by atoms with Gasteiger partial charge in [-0.2, -0.15) is 0 Å². The number of non-ortho nitro benzene ring substituents is 1. The van der Waals surface area contributed by atoms with Crippen molar-refractivity contribution in [2.45, 2.75) is 50.2 Å². The number of hydrogen-bond acceptors (Lipinski definition) is 4. The van der Waals surface area contributed by atoms with E-state index in [4.69, 9.17) is 4.74 Å². The van der Waals surface area contributed by atoms with Gasteiger partial charge in [0.2, 0.25) is 0 Å². The molecule has 1 aliphatic heterocycles. The molecular formula is C14H17NO4. The summed E-state index contributed by atoms with van der Waals surface area (Å²) in [4.78, 5) is 10.3. The highest BCUT2D eigenvalue weighted by atomic mass is 16.6. The monoisotopic (exact) mass is 263 g/mol. The number of benzene rings is 1. The second kappa shape index (κ2) is 4.49. The lowest BCUT2D eigenvalue weighted by Crippen LogP contribution is -2.42. The Morgan fingerprint density at radius 3 is 2.74 bits per heavy atom. The van der Waals surface area contributed by atoms with Crippen LogP contribution in [-0.4, -0.2) is 15.6 Å². The van der Waals surface area contributed by atoms with Crippen molar-refractivity contribution in [3.63, 3.8) is 0 Å². The molecule has 5 nitrogen and oxygen atoms in total. The fraction of sp³-hybridized carbons (Fsp3) is 0.571. The molecule has 1 saturated carbocycles. The molecule has 1 heterocycles. The Balaban J connectivity index is 1.94. The van der Waals surface area contributed by atoms with Crippen LogP contribution in [-0.2, 0) is 0 Å². The maximum atomic E-state index is 10.8. The Kier molecular flexibility index (Phi) is 2.93. The zero-order chi connectivity index (χ0) is 13.5. The first-order valence-electron chi connectivity index (χ1n) is 6.75. The number of aliphatic hydroxyl groups excluding tert-OH is 1. The summed E-state index contributed by atoms with van der Waals surface area (Å²) < 4.78 is 6.08. The van der Waals surface area contributed by atoms with Crippen LogP contribution in [0.15, 0.2) is 18.2 Å². The van der Waals surface area contributed by atoms with Crippen LogP contribution < -0.4 is 4.74 Å². The molecule has 1 aromatic carbocycles. The van der Waals surface area contributed by atoms with Crippen molar-refractivity contribution >= 4 is 5.69 Å². The minimum atomic E-state index is -0.665. The second-order valence-electron chi connectivity index (χ2n) is 5.54. The third-order valence-corrected chi connectivity index (χ3v) is 4.22. The number of nitrogens with zero attached hydrogens (tertiary/aromatic N) is 1. The molecule has 19 heavy (non-hydrogen) atoms. The molecule has 1 atom stereocenters. The summed E-state index contributed by atoms with van der Waals surface area (Å²) in [7, 11) is 0. The lowest BCUT2D eigenvalue weighted by atomic mass is 9.78. The Labute approximate surface area is 111 Å². The topological polar surface area (TPSA) is 72.6 Å². The Morgan fingerprint density at radius 1 is 1.32 bits per heavy atom. The summed E-state index contributed by atoms with van der Waals surface area (Å²) in [6.07, 6.45) is 5.25. The fourth-order valence-electron chi connectivity index (χ4n) is 3.24. The highest BCUT2D eigenvalue weighted by molar-refractivity contribution is 5.46. The van der Waals surface area contributed by atoms with Gasteiger partial charge in [0.1, 0.15) is 11.4 Å². The number of nitro benzene ring substituents is 1. The molecule has 0 radical (unpaired) electrons. The minimum absolute atomic E-state index is 0.000921. The molecule has 1 aliphatic carbocycles. The summed E-state index contributed by atoms with van der Waals surface area (Å²) in [5.41, 5.74) is 0.284. The minimum Gasteiger partial charge on any atom is -0.487 e. The van der Waals surface area contributed by atoms with Crippen LogP contribution in [0.25, 0.3) is 0 Å². The van der Waals surface area contributed by atoms with E-state index in [1.807, 2.05) is 0 Å². The van der Waals surface area contributed by atoms with Gasteiger partial charge in [-0.1, -0.05) is 6.42 Å². The van der Waals surface area contributed by atoms with Crippen molar-refractivity contribution < 1.29 is 14.8 Å². The molecule has 1 spiro atoms. The van der Waals surface area contributed by atoms with Crippen molar-refractivity contribution in [2.24, 2.45) is 0 Å². The standard InChI is InChI=1S/C14H17NO4/c16-12-9-14(6-2-1-3-7-14)19-13-5-4-10(15(17)18)8-11(12)13/h4-5,8,12,16H,1-3,6-7,9H2. The highest BCUT2D eigenvalue weighted by Crippen LogP contribution is 2.46. The van der Waals surface area contributed by atoms with Gasteiger partial charge in [-0.3, -0.25) is 10.1 Å². The Bertz CT molecular complexity index is 508. The van der Waals surface area contributed by atoms with Gasteiger partial charge in [-0.05, 0) is 31.7 Å². The first-order valence-corrected chi connectivity index (χ1v) is 6.75. The first-order chi connectivity index (χ1) is 9.10. The van der Waals surface area contributed by atoms with Gasteiger partial charge in [0.15, 0.2) is 0 Å². The third-order valence-electron chi connectivity index (χ3n) is 4.22. The molecule has 0 amide bonds. The van der Waals surface area contributed by atoms with E-state index in [0.717, 1.165) is 25.7 Å². The first kappa shape index (κ1) is 12.4. The van der Waals surface area contributed by atoms with Crippen LogP contribution in [0.4, 0.5) is 5.69 Å². The largest absolute Gasteiger partial charge is 0.487 e. The van der Waals surface area contributed by atoms with E-state index >= 15 is 0 Å². The van der Waals surface area contributed by atoms with Gasteiger partial charge in [-0.15, -0.1) is 0 Å². The molecule has 1 unspecified atom stereocenters. The molecule has 102 valence electrons. The molecule has 3 rings (SSSR count). The average Bonchev–Trinajstić information content (AvgIpc) is 2.39. The van der Waals surface area contributed by atoms with Gasteiger partial charge in [0, 0.05) is 24.1 Å². The number of hydrogen-bond donors (Lipinski definition) is 1.